The van der Waals surface area contributed by atoms with Crippen LogP contribution in [0, 0.1) is 13.8 Å². The molecule has 4 aromatic carbocycles. The molecule has 62 heavy (non-hydrogen) atoms. The summed E-state index contributed by atoms with van der Waals surface area (Å²) in [6.07, 6.45) is -6.68. The Bertz CT molecular complexity index is 2590. The number of hydrogen-bond donors (Lipinski definition) is 4. The molecule has 2 amide bonds. The van der Waals surface area contributed by atoms with Crippen molar-refractivity contribution in [3.8, 4) is 22.5 Å². The van der Waals surface area contributed by atoms with E-state index in [1.54, 1.807) is 19.1 Å². The van der Waals surface area contributed by atoms with Crippen LogP contribution in [-0.4, -0.2) is 48.7 Å². The van der Waals surface area contributed by atoms with E-state index in [2.05, 4.69) is 15.4 Å². The van der Waals surface area contributed by atoms with Crippen molar-refractivity contribution >= 4 is 33.2 Å². The van der Waals surface area contributed by atoms with Crippen molar-refractivity contribution in [3.63, 3.8) is 0 Å². The first-order chi connectivity index (χ1) is 29.3. The second-order valence-electron chi connectivity index (χ2n) is 14.3. The average molecular weight is 881 g/mol. The summed E-state index contributed by atoms with van der Waals surface area (Å²) in [5.41, 5.74) is 9.65. The molecule has 0 fully saturated rings. The molecule has 0 atom stereocenters. The number of amides is 2. The molecule has 0 aliphatic heterocycles. The van der Waals surface area contributed by atoms with Crippen LogP contribution >= 0.6 is 0 Å². The van der Waals surface area contributed by atoms with Crippen molar-refractivity contribution in [2.45, 2.75) is 52.1 Å². The third-order valence-corrected chi connectivity index (χ3v) is 10.5. The lowest BCUT2D eigenvalue weighted by Crippen LogP contribution is -2.24. The zero-order valence-corrected chi connectivity index (χ0v) is 34.9. The van der Waals surface area contributed by atoms with E-state index < -0.39 is 45.3 Å². The van der Waals surface area contributed by atoms with E-state index in [1.165, 1.54) is 24.3 Å². The Morgan fingerprint density at radius 3 is 1.37 bits per heavy atom. The molecular weight excluding hydrogens is 835 g/mol. The van der Waals surface area contributed by atoms with Crippen molar-refractivity contribution in [1.29, 1.82) is 0 Å². The Morgan fingerprint density at radius 2 is 1.00 bits per heavy atom. The number of carbonyl (C=O) groups excluding carboxylic acids is 2. The van der Waals surface area contributed by atoms with Gasteiger partial charge in [0.1, 0.15) is 0 Å². The highest BCUT2D eigenvalue weighted by Crippen LogP contribution is 2.33. The van der Waals surface area contributed by atoms with Crippen LogP contribution < -0.4 is 21.1 Å². The van der Waals surface area contributed by atoms with Gasteiger partial charge in [-0.25, -0.2) is 13.1 Å². The molecule has 0 saturated heterocycles. The van der Waals surface area contributed by atoms with Gasteiger partial charge in [0.15, 0.2) is 0 Å². The fourth-order valence-corrected chi connectivity index (χ4v) is 7.23. The van der Waals surface area contributed by atoms with E-state index in [9.17, 15) is 44.3 Å². The molecule has 5 N–H and O–H groups in total. The van der Waals surface area contributed by atoms with E-state index in [-0.39, 0.29) is 17.9 Å². The second-order valence-corrected chi connectivity index (χ2v) is 16.2. The first kappa shape index (κ1) is 46.9. The lowest BCUT2D eigenvalue weighted by molar-refractivity contribution is -0.138. The van der Waals surface area contributed by atoms with Gasteiger partial charge in [-0.15, -0.1) is 0 Å². The number of alkyl halides is 6. The standard InChI is InChI=1S/C23H24F3N3O3S.C22H22F3N3O/c1-16-20(22(30)28-19-11-6-10-18(14-19)23(24,25)26)15-21(17-8-4-3-5-9-17)29(16)13-7-12-27-33(2,31)32;1-15-19(21(29)27-18-10-5-9-17(13-18)22(23,24)25)14-20(28(15)12-6-11-26)16-7-3-2-4-8-16/h3-6,8-11,14-15,27H,7,12-13H2,1-2H3,(H,28,30);2-5,7-10,13-14H,6,11-12,26H2,1H3,(H,27,29). The molecule has 0 saturated carbocycles. The first-order valence-electron chi connectivity index (χ1n) is 19.4. The summed E-state index contributed by atoms with van der Waals surface area (Å²) in [7, 11) is -3.31. The van der Waals surface area contributed by atoms with Crippen molar-refractivity contribution in [2.75, 3.05) is 30.0 Å². The number of nitrogens with zero attached hydrogens (tertiary/aromatic N) is 2. The van der Waals surface area contributed by atoms with Gasteiger partial charge in [-0.2, -0.15) is 26.3 Å². The maximum absolute atomic E-state index is 13.0. The molecular formula is C45H46F6N6O4S. The smallest absolute Gasteiger partial charge is 0.344 e. The summed E-state index contributed by atoms with van der Waals surface area (Å²) >= 11 is 0. The summed E-state index contributed by atoms with van der Waals surface area (Å²) in [4.78, 5) is 25.8. The van der Waals surface area contributed by atoms with E-state index in [4.69, 9.17) is 5.73 Å². The third kappa shape index (κ3) is 12.5. The van der Waals surface area contributed by atoms with E-state index in [0.29, 0.717) is 42.9 Å². The topological polar surface area (TPSA) is 140 Å². The van der Waals surface area contributed by atoms with Gasteiger partial charge in [0.05, 0.1) is 28.5 Å². The van der Waals surface area contributed by atoms with Gasteiger partial charge in [-0.1, -0.05) is 72.8 Å². The normalized spacial score (nSPS) is 11.8. The number of anilines is 2. The fraction of sp³-hybridized carbons (Fsp3) is 0.244. The Kier molecular flexibility index (Phi) is 15.2. The minimum absolute atomic E-state index is 0.0422. The molecule has 0 unspecified atom stereocenters. The van der Waals surface area contributed by atoms with Crippen LogP contribution in [0.1, 0.15) is 56.1 Å². The van der Waals surface area contributed by atoms with Gasteiger partial charge < -0.3 is 25.5 Å². The van der Waals surface area contributed by atoms with Gasteiger partial charge in [-0.3, -0.25) is 9.59 Å². The SMILES string of the molecule is Cc1c(C(=O)Nc2cccc(C(F)(F)F)c2)cc(-c2ccccc2)n1CCCN.Cc1c(C(=O)Nc2cccc(C(F)(F)F)c2)cc(-c2ccccc2)n1CCCNS(C)(=O)=O. The number of nitrogens with one attached hydrogen (secondary N) is 3. The minimum atomic E-state index is -4.51. The van der Waals surface area contributed by atoms with Gasteiger partial charge in [-0.05, 0) is 92.9 Å². The Balaban J connectivity index is 0.000000236. The van der Waals surface area contributed by atoms with Crippen molar-refractivity contribution < 1.29 is 44.3 Å². The average Bonchev–Trinajstić information content (AvgIpc) is 3.74. The number of carbonyl (C=O) groups is 2. The van der Waals surface area contributed by atoms with Gasteiger partial charge in [0.25, 0.3) is 11.8 Å². The van der Waals surface area contributed by atoms with E-state index in [1.807, 2.05) is 76.7 Å². The third-order valence-electron chi connectivity index (χ3n) is 9.77. The molecule has 0 spiro atoms. The Morgan fingerprint density at radius 1 is 0.597 bits per heavy atom. The highest BCUT2D eigenvalue weighted by atomic mass is 32.2. The van der Waals surface area contributed by atoms with Crippen molar-refractivity contribution in [2.24, 2.45) is 5.73 Å². The van der Waals surface area contributed by atoms with Gasteiger partial charge in [0.2, 0.25) is 10.0 Å². The Labute approximate surface area is 355 Å². The highest BCUT2D eigenvalue weighted by Gasteiger charge is 2.32. The van der Waals surface area contributed by atoms with Crippen molar-refractivity contribution in [1.82, 2.24) is 13.9 Å². The van der Waals surface area contributed by atoms with E-state index >= 15 is 0 Å². The maximum atomic E-state index is 13.0. The fourth-order valence-electron chi connectivity index (χ4n) is 6.71. The zero-order chi connectivity index (χ0) is 45.2. The molecule has 0 aliphatic rings. The second kappa shape index (κ2) is 20.1. The number of sulfonamides is 1. The molecule has 0 bridgehead atoms. The van der Waals surface area contributed by atoms with Crippen LogP contribution in [0.4, 0.5) is 37.7 Å². The molecule has 2 heterocycles. The highest BCUT2D eigenvalue weighted by molar-refractivity contribution is 7.88. The summed E-state index contributed by atoms with van der Waals surface area (Å²) in [6, 6.07) is 31.5. The monoisotopic (exact) mass is 880 g/mol. The Hall–Kier alpha value is -6.17. The lowest BCUT2D eigenvalue weighted by Gasteiger charge is -2.13. The largest absolute Gasteiger partial charge is 0.416 e. The quantitative estimate of drug-likeness (QED) is 0.0638. The van der Waals surface area contributed by atoms with E-state index in [0.717, 1.165) is 65.2 Å². The predicted octanol–water partition coefficient (Wildman–Crippen LogP) is 9.76. The minimum Gasteiger partial charge on any atom is -0.344 e. The number of nitrogens with two attached hydrogens (primary N) is 1. The predicted molar refractivity (Wildman–Crippen MR) is 229 cm³/mol. The maximum Gasteiger partial charge on any atom is 0.416 e. The lowest BCUT2D eigenvalue weighted by atomic mass is 10.1. The molecule has 10 nitrogen and oxygen atoms in total. The first-order valence-corrected chi connectivity index (χ1v) is 21.3. The molecule has 0 aliphatic carbocycles. The molecule has 6 aromatic rings. The van der Waals surface area contributed by atoms with Crippen molar-refractivity contribution in [3.05, 3.63) is 155 Å². The molecule has 0 radical (unpaired) electrons. The number of rotatable bonds is 14. The van der Waals surface area contributed by atoms with Crippen LogP contribution in [0.3, 0.4) is 0 Å². The summed E-state index contributed by atoms with van der Waals surface area (Å²) in [5, 5.41) is 5.13. The van der Waals surface area contributed by atoms with Crippen LogP contribution in [0.15, 0.2) is 121 Å². The molecule has 6 rings (SSSR count). The summed E-state index contributed by atoms with van der Waals surface area (Å²) in [5.74, 6) is -0.984. The van der Waals surface area contributed by atoms with Crippen LogP contribution in [-0.2, 0) is 35.5 Å². The number of aromatic nitrogens is 2. The van der Waals surface area contributed by atoms with Gasteiger partial charge in [0, 0.05) is 53.8 Å². The number of hydrogen-bond acceptors (Lipinski definition) is 5. The molecule has 17 heteroatoms. The zero-order valence-electron chi connectivity index (χ0n) is 34.1. The van der Waals surface area contributed by atoms with Crippen LogP contribution in [0.2, 0.25) is 0 Å². The number of benzene rings is 4. The summed E-state index contributed by atoms with van der Waals surface area (Å²) < 4.78 is 107. The summed E-state index contributed by atoms with van der Waals surface area (Å²) in [6.45, 7) is 5.40. The van der Waals surface area contributed by atoms with Crippen LogP contribution in [0.25, 0.3) is 22.5 Å². The van der Waals surface area contributed by atoms with Gasteiger partial charge >= 0.3 is 12.4 Å². The number of halogens is 6. The molecule has 328 valence electrons. The van der Waals surface area contributed by atoms with Crippen LogP contribution in [0.5, 0.6) is 0 Å². The molecule has 2 aromatic heterocycles.